The number of carbonyl (C=O) groups is 1. The molecule has 1 aliphatic heterocycles. The number of aldehydes is 1. The number of ether oxygens (including phenoxy) is 2. The maximum atomic E-state index is 13.0. The highest BCUT2D eigenvalue weighted by atomic mass is 16.7. The molecule has 1 saturated heterocycles. The molecule has 0 aromatic carbocycles. The van der Waals surface area contributed by atoms with Crippen LogP contribution in [0.1, 0.15) is 83.1 Å². The van der Waals surface area contributed by atoms with Crippen LogP contribution in [0.25, 0.3) is 0 Å². The van der Waals surface area contributed by atoms with Crippen LogP contribution in [0, 0.1) is 22.7 Å². The predicted octanol–water partition coefficient (Wildman–Crippen LogP) is 1.39. The van der Waals surface area contributed by atoms with E-state index in [1.165, 1.54) is 12.3 Å². The van der Waals surface area contributed by atoms with E-state index in [4.69, 9.17) is 13.9 Å². The normalized spacial score (nSPS) is 52.3. The van der Waals surface area contributed by atoms with Gasteiger partial charge in [0, 0.05) is 17.9 Å². The van der Waals surface area contributed by atoms with E-state index in [2.05, 4.69) is 6.92 Å². The SMILES string of the molecule is C[C@H]1O[C@H](O[C@H]2CC[C@]3(C=O)[C@H]4CC[C@]5(C)[C@@H](c6ccc(=O)oc6)CC[C@]5(O)[C@@H]4CC[C@]3(O)C2)[C@H](O)[C@@H](O)[C@H]1O. The van der Waals surface area contributed by atoms with Gasteiger partial charge in [0.15, 0.2) is 6.29 Å². The van der Waals surface area contributed by atoms with Crippen molar-refractivity contribution in [3.63, 3.8) is 0 Å². The largest absolute Gasteiger partial charge is 0.431 e. The summed E-state index contributed by atoms with van der Waals surface area (Å²) in [4.78, 5) is 24.5. The first-order chi connectivity index (χ1) is 18.9. The summed E-state index contributed by atoms with van der Waals surface area (Å²) in [6, 6.07) is 3.21. The Balaban J connectivity index is 1.23. The van der Waals surface area contributed by atoms with E-state index in [9.17, 15) is 35.1 Å². The topological polar surface area (TPSA) is 167 Å². The lowest BCUT2D eigenvalue weighted by atomic mass is 9.41. The second kappa shape index (κ2) is 9.69. The molecule has 10 heteroatoms. The Kier molecular flexibility index (Phi) is 6.89. The van der Waals surface area contributed by atoms with Gasteiger partial charge < -0.3 is 44.2 Å². The Bertz CT molecular complexity index is 1170. The average Bonchev–Trinajstić information content (AvgIpc) is 3.21. The Morgan fingerprint density at radius 3 is 2.40 bits per heavy atom. The van der Waals surface area contributed by atoms with Gasteiger partial charge in [0.05, 0.1) is 35.1 Å². The van der Waals surface area contributed by atoms with E-state index in [0.29, 0.717) is 44.9 Å². The van der Waals surface area contributed by atoms with Crippen LogP contribution in [-0.4, -0.2) is 79.8 Å². The Hall–Kier alpha value is -1.66. The van der Waals surface area contributed by atoms with Crippen LogP contribution in [0.4, 0.5) is 0 Å². The van der Waals surface area contributed by atoms with Crippen molar-refractivity contribution in [2.24, 2.45) is 22.7 Å². The first-order valence-electron chi connectivity index (χ1n) is 14.7. The second-order valence-electron chi connectivity index (χ2n) is 13.5. The van der Waals surface area contributed by atoms with Gasteiger partial charge >= 0.3 is 5.63 Å². The van der Waals surface area contributed by atoms with E-state index in [1.807, 2.05) is 0 Å². The molecule has 5 fully saturated rings. The molecule has 4 aliphatic carbocycles. The van der Waals surface area contributed by atoms with Crippen LogP contribution >= 0.6 is 0 Å². The highest BCUT2D eigenvalue weighted by Gasteiger charge is 2.71. The van der Waals surface area contributed by atoms with Crippen LogP contribution in [-0.2, 0) is 14.3 Å². The molecule has 2 heterocycles. The van der Waals surface area contributed by atoms with Gasteiger partial charge in [-0.05, 0) is 87.7 Å². The molecule has 1 aromatic heterocycles. The van der Waals surface area contributed by atoms with Crippen molar-refractivity contribution in [2.45, 2.75) is 126 Å². The third-order valence-electron chi connectivity index (χ3n) is 12.0. The lowest BCUT2D eigenvalue weighted by Crippen LogP contribution is -2.69. The smallest absolute Gasteiger partial charge is 0.335 e. The number of hydrogen-bond donors (Lipinski definition) is 5. The molecule has 0 bridgehead atoms. The van der Waals surface area contributed by atoms with Crippen LogP contribution < -0.4 is 5.63 Å². The molecule has 6 rings (SSSR count). The van der Waals surface area contributed by atoms with Gasteiger partial charge in [-0.3, -0.25) is 0 Å². The quantitative estimate of drug-likeness (QED) is 0.267. The minimum Gasteiger partial charge on any atom is -0.431 e. The van der Waals surface area contributed by atoms with E-state index < -0.39 is 64.5 Å². The Morgan fingerprint density at radius 2 is 1.70 bits per heavy atom. The molecule has 0 amide bonds. The summed E-state index contributed by atoms with van der Waals surface area (Å²) in [5, 5.41) is 55.1. The van der Waals surface area contributed by atoms with Gasteiger partial charge in [-0.2, -0.15) is 0 Å². The zero-order valence-electron chi connectivity index (χ0n) is 23.1. The van der Waals surface area contributed by atoms with E-state index in [-0.39, 0.29) is 24.2 Å². The first kappa shape index (κ1) is 28.5. The predicted molar refractivity (Wildman–Crippen MR) is 140 cm³/mol. The molecule has 10 nitrogen and oxygen atoms in total. The van der Waals surface area contributed by atoms with Crippen LogP contribution in [0.15, 0.2) is 27.6 Å². The third kappa shape index (κ3) is 3.87. The van der Waals surface area contributed by atoms with E-state index >= 15 is 0 Å². The lowest BCUT2D eigenvalue weighted by molar-refractivity contribution is -0.317. The second-order valence-corrected chi connectivity index (χ2v) is 13.5. The fourth-order valence-corrected chi connectivity index (χ4v) is 9.67. The van der Waals surface area contributed by atoms with Gasteiger partial charge in [-0.25, -0.2) is 4.79 Å². The summed E-state index contributed by atoms with van der Waals surface area (Å²) in [6.07, 6.45) is 0.559. The Labute approximate surface area is 233 Å². The van der Waals surface area contributed by atoms with Crippen molar-refractivity contribution < 1.29 is 44.2 Å². The summed E-state index contributed by atoms with van der Waals surface area (Å²) in [5.74, 6) is -0.322. The van der Waals surface area contributed by atoms with Gasteiger partial charge in [-0.1, -0.05) is 6.92 Å². The summed E-state index contributed by atoms with van der Waals surface area (Å²) >= 11 is 0. The van der Waals surface area contributed by atoms with Crippen molar-refractivity contribution in [1.82, 2.24) is 0 Å². The number of carbonyl (C=O) groups excluding carboxylic acids is 1. The molecule has 0 spiro atoms. The van der Waals surface area contributed by atoms with Crippen molar-refractivity contribution in [1.29, 1.82) is 0 Å². The maximum Gasteiger partial charge on any atom is 0.335 e. The summed E-state index contributed by atoms with van der Waals surface area (Å²) in [6.45, 7) is 3.71. The summed E-state index contributed by atoms with van der Waals surface area (Å²) < 4.78 is 16.8. The standard InChI is InChI=1S/C30H42O10/c1-16-23(33)24(34)25(35)26(39-16)40-18-5-10-28(15-31)20-6-9-27(2)19(17-3-4-22(32)38-14-17)8-12-30(27,37)21(20)7-11-29(28,36)13-18/h3-4,14-16,18-21,23-26,33-37H,5-13H2,1-2H3/t16-,18+,19-,20+,21-,23+,24+,25-,26-,27-,28+,29+,30+/m1/s1. The molecule has 222 valence electrons. The summed E-state index contributed by atoms with van der Waals surface area (Å²) in [5.41, 5.74) is -3.34. The van der Waals surface area contributed by atoms with E-state index in [0.717, 1.165) is 18.3 Å². The number of fused-ring (bicyclic) bond motifs is 5. The van der Waals surface area contributed by atoms with Crippen molar-refractivity contribution >= 4 is 6.29 Å². The van der Waals surface area contributed by atoms with E-state index in [1.54, 1.807) is 13.0 Å². The van der Waals surface area contributed by atoms with Crippen LogP contribution in [0.2, 0.25) is 0 Å². The summed E-state index contributed by atoms with van der Waals surface area (Å²) in [7, 11) is 0. The molecule has 0 unspecified atom stereocenters. The van der Waals surface area contributed by atoms with Gasteiger partial charge in [0.25, 0.3) is 0 Å². The average molecular weight is 563 g/mol. The number of aliphatic hydroxyl groups is 5. The number of aliphatic hydroxyl groups excluding tert-OH is 3. The highest BCUT2D eigenvalue weighted by Crippen LogP contribution is 2.71. The molecular weight excluding hydrogens is 520 g/mol. The first-order valence-corrected chi connectivity index (χ1v) is 14.7. The molecule has 4 saturated carbocycles. The highest BCUT2D eigenvalue weighted by molar-refractivity contribution is 5.64. The Morgan fingerprint density at radius 1 is 0.950 bits per heavy atom. The maximum absolute atomic E-state index is 13.0. The van der Waals surface area contributed by atoms with Crippen molar-refractivity contribution in [3.05, 3.63) is 34.4 Å². The van der Waals surface area contributed by atoms with Crippen LogP contribution in [0.5, 0.6) is 0 Å². The van der Waals surface area contributed by atoms with Gasteiger partial charge in [-0.15, -0.1) is 0 Å². The van der Waals surface area contributed by atoms with Gasteiger partial charge in [0.2, 0.25) is 0 Å². The van der Waals surface area contributed by atoms with Gasteiger partial charge in [0.1, 0.15) is 24.6 Å². The molecule has 0 radical (unpaired) electrons. The zero-order chi connectivity index (χ0) is 28.7. The fourth-order valence-electron chi connectivity index (χ4n) is 9.67. The minimum atomic E-state index is -1.44. The minimum absolute atomic E-state index is 0.0260. The molecule has 40 heavy (non-hydrogen) atoms. The molecule has 5 aliphatic rings. The third-order valence-corrected chi connectivity index (χ3v) is 12.0. The monoisotopic (exact) mass is 562 g/mol. The zero-order valence-corrected chi connectivity index (χ0v) is 23.1. The molecule has 5 N–H and O–H groups in total. The molecule has 1 aromatic rings. The van der Waals surface area contributed by atoms with Crippen molar-refractivity contribution in [2.75, 3.05) is 0 Å². The number of rotatable bonds is 4. The molecule has 13 atom stereocenters. The molecular formula is C30H42O10. The number of hydrogen-bond acceptors (Lipinski definition) is 10. The van der Waals surface area contributed by atoms with Crippen LogP contribution in [0.3, 0.4) is 0 Å². The lowest BCUT2D eigenvalue weighted by Gasteiger charge is -2.65. The van der Waals surface area contributed by atoms with Crippen molar-refractivity contribution in [3.8, 4) is 0 Å². The fraction of sp³-hybridized carbons (Fsp3) is 0.800.